The van der Waals surface area contributed by atoms with Gasteiger partial charge in [0.25, 0.3) is 0 Å². The lowest BCUT2D eigenvalue weighted by atomic mass is 9.96. The van der Waals surface area contributed by atoms with Gasteiger partial charge in [-0.05, 0) is 54.8 Å². The minimum Gasteiger partial charge on any atom is -0.504 e. The van der Waals surface area contributed by atoms with Crippen molar-refractivity contribution in [1.82, 2.24) is 0 Å². The third-order valence-corrected chi connectivity index (χ3v) is 9.57. The summed E-state index contributed by atoms with van der Waals surface area (Å²) < 4.78 is 45.5. The van der Waals surface area contributed by atoms with E-state index in [9.17, 15) is 61.0 Å². The number of methoxy groups -OCH3 is 1. The molecule has 0 aromatic heterocycles. The molecule has 15 unspecified atom stereocenters. The molecule has 3 aliphatic rings. The number of benzene rings is 2. The minimum absolute atomic E-state index is 0.133. The molecule has 3 heterocycles. The van der Waals surface area contributed by atoms with E-state index >= 15 is 0 Å². The molecule has 3 fully saturated rings. The van der Waals surface area contributed by atoms with Gasteiger partial charge in [0.2, 0.25) is 0 Å². The van der Waals surface area contributed by atoms with Crippen molar-refractivity contribution in [3.8, 4) is 23.0 Å². The number of hydrogen-bond acceptors (Lipinski definition) is 20. The van der Waals surface area contributed by atoms with Crippen LogP contribution in [0.2, 0.25) is 0 Å². The van der Waals surface area contributed by atoms with Crippen molar-refractivity contribution in [3.05, 3.63) is 53.6 Å². The number of hydrogen-bond donors (Lipinski definition) is 11. The minimum atomic E-state index is -1.87. The lowest BCUT2D eigenvalue weighted by molar-refractivity contribution is -0.364. The second kappa shape index (κ2) is 19.2. The number of carbonyl (C=O) groups is 1. The largest absolute Gasteiger partial charge is 0.504 e. The van der Waals surface area contributed by atoms with Gasteiger partial charge in [-0.15, -0.1) is 0 Å². The maximum Gasteiger partial charge on any atom is 0.331 e. The first-order valence-electron chi connectivity index (χ1n) is 17.6. The number of rotatable bonds is 14. The predicted octanol–water partition coefficient (Wildman–Crippen LogP) is -2.89. The number of aliphatic hydroxyl groups excluding tert-OH is 8. The van der Waals surface area contributed by atoms with Crippen LogP contribution in [0.3, 0.4) is 0 Å². The van der Waals surface area contributed by atoms with Gasteiger partial charge >= 0.3 is 5.97 Å². The molecule has 0 bridgehead atoms. The summed E-state index contributed by atoms with van der Waals surface area (Å²) in [7, 11) is 1.39. The van der Waals surface area contributed by atoms with Gasteiger partial charge in [0.15, 0.2) is 48.0 Å². The molecule has 11 N–H and O–H groups in total. The molecule has 20 heteroatoms. The number of phenols is 3. The monoisotopic (exact) mass is 800 g/mol. The van der Waals surface area contributed by atoms with E-state index in [4.69, 9.17) is 37.9 Å². The topological polar surface area (TPSA) is 313 Å². The van der Waals surface area contributed by atoms with Gasteiger partial charge in [0, 0.05) is 6.08 Å². The Morgan fingerprint density at radius 3 is 2.07 bits per heavy atom. The van der Waals surface area contributed by atoms with E-state index in [0.717, 1.165) is 12.1 Å². The lowest BCUT2D eigenvalue weighted by Crippen LogP contribution is -2.65. The van der Waals surface area contributed by atoms with Crippen molar-refractivity contribution >= 4 is 12.0 Å². The van der Waals surface area contributed by atoms with Crippen LogP contribution < -0.4 is 4.74 Å². The van der Waals surface area contributed by atoms with Gasteiger partial charge in [0.1, 0.15) is 61.0 Å². The highest BCUT2D eigenvalue weighted by Crippen LogP contribution is 2.33. The summed E-state index contributed by atoms with van der Waals surface area (Å²) in [6, 6.07) is 8.36. The molecular weight excluding hydrogens is 752 g/mol. The second-order valence-electron chi connectivity index (χ2n) is 13.5. The molecule has 0 aliphatic carbocycles. The van der Waals surface area contributed by atoms with Gasteiger partial charge in [0.05, 0.1) is 33.0 Å². The van der Waals surface area contributed by atoms with Crippen molar-refractivity contribution in [2.24, 2.45) is 0 Å². The summed E-state index contributed by atoms with van der Waals surface area (Å²) in [4.78, 5) is 13.3. The van der Waals surface area contributed by atoms with Crippen molar-refractivity contribution < 1.29 is 98.9 Å². The SMILES string of the molecule is COc1ccc(CCOC2OC(COC3OC(CO)C(O)C(O)C3O)C(OC(=O)/C=C/c3ccc(O)c(O)c3)C(OC3OC(C)C(O)C(O)C3O)C2O)cc1O. The van der Waals surface area contributed by atoms with E-state index in [1.165, 1.54) is 44.4 Å². The number of aliphatic hydroxyl groups is 8. The van der Waals surface area contributed by atoms with Crippen molar-refractivity contribution in [2.75, 3.05) is 26.9 Å². The van der Waals surface area contributed by atoms with Crippen LogP contribution in [0.25, 0.3) is 6.08 Å². The molecule has 2 aromatic carbocycles. The molecule has 0 radical (unpaired) electrons. The molecule has 0 saturated carbocycles. The fourth-order valence-corrected chi connectivity index (χ4v) is 6.31. The summed E-state index contributed by atoms with van der Waals surface area (Å²) in [5.41, 5.74) is 0.871. The van der Waals surface area contributed by atoms with Crippen LogP contribution in [0.15, 0.2) is 42.5 Å². The highest BCUT2D eigenvalue weighted by molar-refractivity contribution is 5.87. The normalized spacial score (nSPS) is 36.4. The summed E-state index contributed by atoms with van der Waals surface area (Å²) in [6.45, 7) is -0.179. The molecule has 0 amide bonds. The number of phenolic OH excluding ortho intramolecular Hbond substituents is 3. The molecule has 15 atom stereocenters. The van der Waals surface area contributed by atoms with E-state index in [-0.39, 0.29) is 30.1 Å². The van der Waals surface area contributed by atoms with E-state index in [2.05, 4.69) is 0 Å². The maximum atomic E-state index is 13.3. The second-order valence-corrected chi connectivity index (χ2v) is 13.5. The Bertz CT molecular complexity index is 1620. The lowest BCUT2D eigenvalue weighted by Gasteiger charge is -2.47. The van der Waals surface area contributed by atoms with Gasteiger partial charge in [-0.1, -0.05) is 12.1 Å². The van der Waals surface area contributed by atoms with Crippen LogP contribution in [-0.4, -0.2) is 181 Å². The molecular formula is C36H48O20. The third-order valence-electron chi connectivity index (χ3n) is 9.57. The van der Waals surface area contributed by atoms with Crippen molar-refractivity contribution in [1.29, 1.82) is 0 Å². The van der Waals surface area contributed by atoms with Gasteiger partial charge < -0.3 is 94.1 Å². The van der Waals surface area contributed by atoms with Gasteiger partial charge in [-0.2, -0.15) is 0 Å². The third kappa shape index (κ3) is 10.0. The average molecular weight is 801 g/mol. The Kier molecular flexibility index (Phi) is 14.9. The van der Waals surface area contributed by atoms with Gasteiger partial charge in [-0.3, -0.25) is 0 Å². The van der Waals surface area contributed by atoms with E-state index in [0.29, 0.717) is 5.56 Å². The fraction of sp³-hybridized carbons (Fsp3) is 0.583. The van der Waals surface area contributed by atoms with Crippen LogP contribution in [0.4, 0.5) is 0 Å². The standard InChI is InChI=1S/C36H48O20/c1-15-25(42)27(44)30(47)36(52-15)56-33-31(48)35(50-10-9-17-4-7-21(49-2)20(40)12-17)54-23(14-51-34-29(46)28(45)26(43)22(13-37)53-34)32(33)55-24(41)8-5-16-3-6-18(38)19(39)11-16/h3-8,11-12,15,22-23,25-40,42-48H,9-10,13-14H2,1-2H3/b8-5+. The Hall–Kier alpha value is -3.71. The Morgan fingerprint density at radius 1 is 0.714 bits per heavy atom. The number of carbonyl (C=O) groups excluding carboxylic acids is 1. The van der Waals surface area contributed by atoms with Crippen LogP contribution in [0.5, 0.6) is 23.0 Å². The zero-order valence-corrected chi connectivity index (χ0v) is 30.2. The Morgan fingerprint density at radius 2 is 1.39 bits per heavy atom. The van der Waals surface area contributed by atoms with E-state index in [1.807, 2.05) is 0 Å². The average Bonchev–Trinajstić information content (AvgIpc) is 3.17. The van der Waals surface area contributed by atoms with Crippen molar-refractivity contribution in [3.63, 3.8) is 0 Å². The zero-order chi connectivity index (χ0) is 40.8. The number of esters is 1. The highest BCUT2D eigenvalue weighted by Gasteiger charge is 2.53. The number of aromatic hydroxyl groups is 3. The molecule has 2 aromatic rings. The molecule has 0 spiro atoms. The van der Waals surface area contributed by atoms with E-state index < -0.39 is 123 Å². The molecule has 312 valence electrons. The predicted molar refractivity (Wildman–Crippen MR) is 185 cm³/mol. The molecule has 3 aliphatic heterocycles. The molecule has 3 saturated heterocycles. The molecule has 20 nitrogen and oxygen atoms in total. The summed E-state index contributed by atoms with van der Waals surface area (Å²) >= 11 is 0. The van der Waals surface area contributed by atoms with Gasteiger partial charge in [-0.25, -0.2) is 4.79 Å². The fourth-order valence-electron chi connectivity index (χ4n) is 6.31. The number of ether oxygens (including phenoxy) is 8. The van der Waals surface area contributed by atoms with Crippen LogP contribution >= 0.6 is 0 Å². The molecule has 5 rings (SSSR count). The van der Waals surface area contributed by atoms with Crippen LogP contribution in [0.1, 0.15) is 18.1 Å². The smallest absolute Gasteiger partial charge is 0.331 e. The van der Waals surface area contributed by atoms with Crippen LogP contribution in [0, 0.1) is 0 Å². The zero-order valence-electron chi connectivity index (χ0n) is 30.2. The summed E-state index contributed by atoms with van der Waals surface area (Å²) in [5, 5.41) is 114. The summed E-state index contributed by atoms with van der Waals surface area (Å²) in [5.74, 6) is -1.84. The Labute approximate surface area is 319 Å². The first kappa shape index (κ1) is 43.4. The maximum absolute atomic E-state index is 13.3. The Balaban J connectivity index is 1.43. The first-order chi connectivity index (χ1) is 26.6. The molecule has 56 heavy (non-hydrogen) atoms. The first-order valence-corrected chi connectivity index (χ1v) is 17.6. The summed E-state index contributed by atoms with van der Waals surface area (Å²) in [6.07, 6.45) is -22.3. The highest BCUT2D eigenvalue weighted by atomic mass is 16.8. The van der Waals surface area contributed by atoms with Crippen molar-refractivity contribution in [2.45, 2.75) is 105 Å². The van der Waals surface area contributed by atoms with E-state index in [1.54, 1.807) is 6.07 Å². The van der Waals surface area contributed by atoms with Crippen LogP contribution in [-0.2, 0) is 44.4 Å². The quantitative estimate of drug-likeness (QED) is 0.0519.